The van der Waals surface area contributed by atoms with E-state index in [4.69, 9.17) is 9.84 Å². The van der Waals surface area contributed by atoms with Gasteiger partial charge in [-0.05, 0) is 20.3 Å². The zero-order valence-corrected chi connectivity index (χ0v) is 11.6. The summed E-state index contributed by atoms with van der Waals surface area (Å²) in [6, 6.07) is -1.33. The molecule has 0 heterocycles. The molecule has 0 radical (unpaired) electrons. The number of methoxy groups -OCH3 is 1. The van der Waals surface area contributed by atoms with Crippen LogP contribution in [-0.2, 0) is 9.53 Å². The van der Waals surface area contributed by atoms with Crippen LogP contribution >= 0.6 is 0 Å². The number of hydrogen-bond acceptors (Lipinski definition) is 3. The molecule has 0 saturated carbocycles. The number of aliphatic carboxylic acids is 1. The molecule has 2 amide bonds. The summed E-state index contributed by atoms with van der Waals surface area (Å²) in [4.78, 5) is 22.6. The Bertz CT molecular complexity index is 279. The summed E-state index contributed by atoms with van der Waals surface area (Å²) in [6.07, 6.45) is 2.09. The fraction of sp³-hybridized carbons (Fsp3) is 0.833. The molecule has 0 aliphatic carbocycles. The fourth-order valence-corrected chi connectivity index (χ4v) is 1.56. The van der Waals surface area contributed by atoms with Crippen molar-refractivity contribution in [3.63, 3.8) is 0 Å². The Morgan fingerprint density at radius 1 is 1.39 bits per heavy atom. The molecular formula is C12H24N2O4. The van der Waals surface area contributed by atoms with Crippen LogP contribution in [0.3, 0.4) is 0 Å². The zero-order chi connectivity index (χ0) is 14.2. The lowest BCUT2D eigenvalue weighted by Gasteiger charge is -2.26. The lowest BCUT2D eigenvalue weighted by molar-refractivity contribution is -0.139. The number of hydrogen-bond donors (Lipinski definition) is 3. The van der Waals surface area contributed by atoms with Crippen LogP contribution in [0, 0.1) is 0 Å². The van der Waals surface area contributed by atoms with Crippen LogP contribution in [0.4, 0.5) is 4.79 Å². The highest BCUT2D eigenvalue weighted by atomic mass is 16.5. The number of rotatable bonds is 8. The van der Waals surface area contributed by atoms with Crippen molar-refractivity contribution in [3.05, 3.63) is 0 Å². The van der Waals surface area contributed by atoms with Gasteiger partial charge in [-0.3, -0.25) is 0 Å². The quantitative estimate of drug-likeness (QED) is 0.615. The Balaban J connectivity index is 4.29. The highest BCUT2D eigenvalue weighted by Gasteiger charge is 2.24. The Morgan fingerprint density at radius 2 is 2.00 bits per heavy atom. The number of amides is 2. The average Bonchev–Trinajstić information content (AvgIpc) is 2.22. The Kier molecular flexibility index (Phi) is 7.35. The zero-order valence-electron chi connectivity index (χ0n) is 11.6. The summed E-state index contributed by atoms with van der Waals surface area (Å²) >= 11 is 0. The number of carboxylic acid groups (broad SMARTS) is 1. The van der Waals surface area contributed by atoms with E-state index >= 15 is 0 Å². The molecule has 0 aliphatic heterocycles. The van der Waals surface area contributed by atoms with E-state index in [2.05, 4.69) is 10.6 Å². The minimum Gasteiger partial charge on any atom is -0.480 e. The van der Waals surface area contributed by atoms with Gasteiger partial charge in [-0.15, -0.1) is 0 Å². The molecule has 0 unspecified atom stereocenters. The van der Waals surface area contributed by atoms with Crippen molar-refractivity contribution in [2.75, 3.05) is 13.7 Å². The van der Waals surface area contributed by atoms with E-state index in [0.717, 1.165) is 12.8 Å². The Morgan fingerprint density at radius 3 is 2.44 bits per heavy atom. The van der Waals surface area contributed by atoms with Gasteiger partial charge in [0, 0.05) is 7.11 Å². The van der Waals surface area contributed by atoms with E-state index in [1.165, 1.54) is 0 Å². The second-order valence-corrected chi connectivity index (χ2v) is 4.95. The third kappa shape index (κ3) is 7.11. The number of nitrogens with one attached hydrogen (secondary N) is 2. The third-order valence-electron chi connectivity index (χ3n) is 2.41. The van der Waals surface area contributed by atoms with Gasteiger partial charge in [-0.2, -0.15) is 0 Å². The first kappa shape index (κ1) is 16.7. The summed E-state index contributed by atoms with van der Waals surface area (Å²) in [7, 11) is 1.54. The number of carboxylic acids is 1. The smallest absolute Gasteiger partial charge is 0.326 e. The standard InChI is InChI=1S/C12H24N2O4/c1-5-6-7-9(10(15)16)13-11(17)14-12(2,3)8-18-4/h9H,5-8H2,1-4H3,(H,15,16)(H2,13,14,17)/t9-/m0/s1. The van der Waals surface area contributed by atoms with E-state index in [0.29, 0.717) is 13.0 Å². The van der Waals surface area contributed by atoms with Crippen LogP contribution in [0.1, 0.15) is 40.0 Å². The maximum atomic E-state index is 11.7. The highest BCUT2D eigenvalue weighted by Crippen LogP contribution is 2.04. The van der Waals surface area contributed by atoms with Crippen molar-refractivity contribution < 1.29 is 19.4 Å². The van der Waals surface area contributed by atoms with Crippen molar-refractivity contribution >= 4 is 12.0 Å². The van der Waals surface area contributed by atoms with E-state index < -0.39 is 23.6 Å². The Hall–Kier alpha value is -1.30. The molecule has 0 aromatic carbocycles. The summed E-state index contributed by atoms with van der Waals surface area (Å²) < 4.78 is 4.97. The number of carbonyl (C=O) groups excluding carboxylic acids is 1. The molecule has 0 aromatic heterocycles. The van der Waals surface area contributed by atoms with Crippen LogP contribution in [-0.4, -0.2) is 42.4 Å². The normalized spacial score (nSPS) is 12.9. The lowest BCUT2D eigenvalue weighted by atomic mass is 10.1. The summed E-state index contributed by atoms with van der Waals surface area (Å²) in [5.41, 5.74) is -0.535. The van der Waals surface area contributed by atoms with Crippen molar-refractivity contribution in [3.8, 4) is 0 Å². The molecule has 0 bridgehead atoms. The van der Waals surface area contributed by atoms with Crippen molar-refractivity contribution in [2.45, 2.75) is 51.6 Å². The number of ether oxygens (including phenoxy) is 1. The molecular weight excluding hydrogens is 236 g/mol. The van der Waals surface area contributed by atoms with Gasteiger partial charge in [0.05, 0.1) is 12.1 Å². The molecule has 0 rings (SSSR count). The van der Waals surface area contributed by atoms with Crippen molar-refractivity contribution in [1.82, 2.24) is 10.6 Å². The van der Waals surface area contributed by atoms with Gasteiger partial charge in [0.15, 0.2) is 0 Å². The fourth-order valence-electron chi connectivity index (χ4n) is 1.56. The van der Waals surface area contributed by atoms with Crippen molar-refractivity contribution in [2.24, 2.45) is 0 Å². The van der Waals surface area contributed by atoms with Crippen LogP contribution in [0.25, 0.3) is 0 Å². The lowest BCUT2D eigenvalue weighted by Crippen LogP contribution is -2.54. The van der Waals surface area contributed by atoms with E-state index in [9.17, 15) is 9.59 Å². The Labute approximate surface area is 108 Å². The number of urea groups is 1. The van der Waals surface area contributed by atoms with Crippen LogP contribution in [0.2, 0.25) is 0 Å². The summed E-state index contributed by atoms with van der Waals surface area (Å²) in [5.74, 6) is -1.01. The predicted molar refractivity (Wildman–Crippen MR) is 68.6 cm³/mol. The maximum absolute atomic E-state index is 11.7. The van der Waals surface area contributed by atoms with Gasteiger partial charge in [0.25, 0.3) is 0 Å². The minimum absolute atomic E-state index is 0.354. The first-order valence-corrected chi connectivity index (χ1v) is 6.13. The number of unbranched alkanes of at least 4 members (excludes halogenated alkanes) is 1. The number of carbonyl (C=O) groups is 2. The first-order chi connectivity index (χ1) is 8.32. The van der Waals surface area contributed by atoms with E-state index in [-0.39, 0.29) is 0 Å². The molecule has 106 valence electrons. The maximum Gasteiger partial charge on any atom is 0.326 e. The molecule has 18 heavy (non-hydrogen) atoms. The molecule has 0 aliphatic rings. The average molecular weight is 260 g/mol. The summed E-state index contributed by atoms with van der Waals surface area (Å²) in [5, 5.41) is 14.1. The molecule has 6 nitrogen and oxygen atoms in total. The van der Waals surface area contributed by atoms with Gasteiger partial charge >= 0.3 is 12.0 Å². The van der Waals surface area contributed by atoms with E-state index in [1.54, 1.807) is 21.0 Å². The molecule has 1 atom stereocenters. The van der Waals surface area contributed by atoms with Crippen LogP contribution in [0.5, 0.6) is 0 Å². The molecule has 6 heteroatoms. The first-order valence-electron chi connectivity index (χ1n) is 6.13. The van der Waals surface area contributed by atoms with Crippen LogP contribution < -0.4 is 10.6 Å². The van der Waals surface area contributed by atoms with E-state index in [1.807, 2.05) is 6.92 Å². The largest absolute Gasteiger partial charge is 0.480 e. The molecule has 3 N–H and O–H groups in total. The van der Waals surface area contributed by atoms with Gasteiger partial charge in [-0.25, -0.2) is 9.59 Å². The topological polar surface area (TPSA) is 87.7 Å². The van der Waals surface area contributed by atoms with Crippen molar-refractivity contribution in [1.29, 1.82) is 0 Å². The third-order valence-corrected chi connectivity index (χ3v) is 2.41. The minimum atomic E-state index is -1.01. The van der Waals surface area contributed by atoms with Gasteiger partial charge in [0.1, 0.15) is 6.04 Å². The molecule has 0 saturated heterocycles. The second kappa shape index (κ2) is 7.92. The highest BCUT2D eigenvalue weighted by molar-refractivity contribution is 5.82. The molecule has 0 fully saturated rings. The van der Waals surface area contributed by atoms with Gasteiger partial charge in [0.2, 0.25) is 0 Å². The summed E-state index contributed by atoms with van der Waals surface area (Å²) in [6.45, 7) is 5.93. The van der Waals surface area contributed by atoms with Crippen LogP contribution in [0.15, 0.2) is 0 Å². The predicted octanol–water partition coefficient (Wildman–Crippen LogP) is 1.35. The monoisotopic (exact) mass is 260 g/mol. The second-order valence-electron chi connectivity index (χ2n) is 4.95. The molecule has 0 aromatic rings. The molecule has 0 spiro atoms. The van der Waals surface area contributed by atoms with Gasteiger partial charge in [-0.1, -0.05) is 19.8 Å². The SMILES string of the molecule is CCCC[C@H](NC(=O)NC(C)(C)COC)C(=O)O. The van der Waals surface area contributed by atoms with Gasteiger partial charge < -0.3 is 20.5 Å².